The van der Waals surface area contributed by atoms with Crippen LogP contribution in [0.1, 0.15) is 29.9 Å². The maximum absolute atomic E-state index is 13.7. The highest BCUT2D eigenvalue weighted by atomic mass is 19.1. The first-order valence-electron chi connectivity index (χ1n) is 7.23. The molecule has 3 nitrogen and oxygen atoms in total. The molecule has 21 heavy (non-hydrogen) atoms. The molecule has 4 heteroatoms. The van der Waals surface area contributed by atoms with Gasteiger partial charge in [0.15, 0.2) is 0 Å². The molecule has 1 N–H and O–H groups in total. The topological polar surface area (TPSA) is 34.1 Å². The van der Waals surface area contributed by atoms with Crippen molar-refractivity contribution in [2.24, 2.45) is 0 Å². The molecule has 1 aliphatic rings. The minimum absolute atomic E-state index is 0.0835. The zero-order valence-electron chi connectivity index (χ0n) is 12.1. The molecule has 1 heterocycles. The lowest BCUT2D eigenvalue weighted by Gasteiger charge is -2.36. The Morgan fingerprint density at radius 3 is 2.86 bits per heavy atom. The maximum Gasteiger partial charge on any atom is 0.213 e. The first-order valence-corrected chi connectivity index (χ1v) is 7.23. The second-order valence-electron chi connectivity index (χ2n) is 5.47. The van der Waals surface area contributed by atoms with E-state index in [0.29, 0.717) is 17.8 Å². The molecule has 1 aliphatic carbocycles. The summed E-state index contributed by atoms with van der Waals surface area (Å²) in [4.78, 5) is 4.09. The highest BCUT2D eigenvalue weighted by Crippen LogP contribution is 2.38. The van der Waals surface area contributed by atoms with Gasteiger partial charge in [-0.25, -0.2) is 9.37 Å². The summed E-state index contributed by atoms with van der Waals surface area (Å²) in [6, 6.07) is 11.4. The fourth-order valence-electron chi connectivity index (χ4n) is 2.78. The van der Waals surface area contributed by atoms with E-state index in [1.165, 1.54) is 0 Å². The number of nitrogens with zero attached hydrogens (tertiary/aromatic N) is 1. The summed E-state index contributed by atoms with van der Waals surface area (Å²) in [5.74, 6) is 0.891. The zero-order chi connectivity index (χ0) is 14.7. The van der Waals surface area contributed by atoms with E-state index in [2.05, 4.69) is 10.3 Å². The molecule has 0 amide bonds. The molecule has 1 fully saturated rings. The Hall–Kier alpha value is -1.94. The average molecular weight is 286 g/mol. The van der Waals surface area contributed by atoms with Crippen LogP contribution in [0.2, 0.25) is 0 Å². The Morgan fingerprint density at radius 2 is 2.10 bits per heavy atom. The molecule has 0 unspecified atom stereocenters. The number of hydrogen-bond acceptors (Lipinski definition) is 3. The van der Waals surface area contributed by atoms with Crippen LogP contribution < -0.4 is 10.1 Å². The van der Waals surface area contributed by atoms with Crippen molar-refractivity contribution in [3.05, 3.63) is 59.5 Å². The molecule has 0 bridgehead atoms. The number of halogens is 1. The van der Waals surface area contributed by atoms with Crippen molar-refractivity contribution < 1.29 is 9.13 Å². The average Bonchev–Trinajstić information content (AvgIpc) is 2.47. The van der Waals surface area contributed by atoms with Crippen LogP contribution in [0, 0.1) is 5.82 Å². The van der Waals surface area contributed by atoms with Crippen molar-refractivity contribution in [2.45, 2.75) is 31.3 Å². The maximum atomic E-state index is 13.7. The Kier molecular flexibility index (Phi) is 4.15. The van der Waals surface area contributed by atoms with E-state index < -0.39 is 0 Å². The predicted octanol–water partition coefficient (Wildman–Crippen LogP) is 3.27. The summed E-state index contributed by atoms with van der Waals surface area (Å²) in [6.07, 6.45) is 3.73. The van der Waals surface area contributed by atoms with E-state index in [1.54, 1.807) is 25.4 Å². The number of hydrogen-bond donors (Lipinski definition) is 1. The molecule has 0 atom stereocenters. The molecule has 1 aromatic carbocycles. The van der Waals surface area contributed by atoms with Crippen LogP contribution >= 0.6 is 0 Å². The summed E-state index contributed by atoms with van der Waals surface area (Å²) in [5.41, 5.74) is 2.00. The molecule has 2 aromatic rings. The first kappa shape index (κ1) is 14.0. The Morgan fingerprint density at radius 1 is 1.29 bits per heavy atom. The van der Waals surface area contributed by atoms with Crippen molar-refractivity contribution in [2.75, 3.05) is 7.11 Å². The van der Waals surface area contributed by atoms with Crippen LogP contribution in [0.4, 0.5) is 4.39 Å². The largest absolute Gasteiger partial charge is 0.481 e. The van der Waals surface area contributed by atoms with E-state index in [9.17, 15) is 4.39 Å². The Bertz CT molecular complexity index is 611. The SMILES string of the molecule is COc1cc(CNC2CC(c3ccccc3F)C2)ccn1. The van der Waals surface area contributed by atoms with Crippen molar-refractivity contribution in [3.8, 4) is 5.88 Å². The van der Waals surface area contributed by atoms with Gasteiger partial charge in [0.2, 0.25) is 5.88 Å². The summed E-state index contributed by atoms with van der Waals surface area (Å²) < 4.78 is 18.8. The van der Waals surface area contributed by atoms with Gasteiger partial charge < -0.3 is 10.1 Å². The van der Waals surface area contributed by atoms with Gasteiger partial charge >= 0.3 is 0 Å². The Labute approximate surface area is 124 Å². The monoisotopic (exact) mass is 286 g/mol. The lowest BCUT2D eigenvalue weighted by Crippen LogP contribution is -2.39. The summed E-state index contributed by atoms with van der Waals surface area (Å²) >= 11 is 0. The third-order valence-electron chi connectivity index (χ3n) is 4.09. The predicted molar refractivity (Wildman–Crippen MR) is 79.8 cm³/mol. The Balaban J connectivity index is 1.50. The van der Waals surface area contributed by atoms with Gasteiger partial charge in [0, 0.05) is 24.8 Å². The number of rotatable bonds is 5. The van der Waals surface area contributed by atoms with Crippen LogP contribution in [0.15, 0.2) is 42.6 Å². The van der Waals surface area contributed by atoms with Crippen LogP contribution in [-0.4, -0.2) is 18.1 Å². The van der Waals surface area contributed by atoms with Gasteiger partial charge in [0.1, 0.15) is 5.82 Å². The van der Waals surface area contributed by atoms with E-state index in [1.807, 2.05) is 24.3 Å². The highest BCUT2D eigenvalue weighted by Gasteiger charge is 2.31. The smallest absolute Gasteiger partial charge is 0.213 e. The van der Waals surface area contributed by atoms with Gasteiger partial charge in [-0.15, -0.1) is 0 Å². The quantitative estimate of drug-likeness (QED) is 0.916. The van der Waals surface area contributed by atoms with Crippen LogP contribution in [0.25, 0.3) is 0 Å². The van der Waals surface area contributed by atoms with Crippen molar-refractivity contribution >= 4 is 0 Å². The number of benzene rings is 1. The van der Waals surface area contributed by atoms with Gasteiger partial charge in [0.25, 0.3) is 0 Å². The number of aromatic nitrogens is 1. The third kappa shape index (κ3) is 3.22. The van der Waals surface area contributed by atoms with Crippen LogP contribution in [0.3, 0.4) is 0 Å². The molecular formula is C17H19FN2O. The zero-order valence-corrected chi connectivity index (χ0v) is 12.1. The molecule has 0 radical (unpaired) electrons. The minimum atomic E-state index is -0.0835. The number of nitrogens with one attached hydrogen (secondary N) is 1. The standard InChI is InChI=1S/C17H19FN2O/c1-21-17-8-12(6-7-19-17)11-20-14-9-13(10-14)15-4-2-3-5-16(15)18/h2-8,13-14,20H,9-11H2,1H3. The van der Waals surface area contributed by atoms with Gasteiger partial charge in [0.05, 0.1) is 7.11 Å². The third-order valence-corrected chi connectivity index (χ3v) is 4.09. The summed E-state index contributed by atoms with van der Waals surface area (Å²) in [5, 5.41) is 3.50. The fourth-order valence-corrected chi connectivity index (χ4v) is 2.78. The van der Waals surface area contributed by atoms with Gasteiger partial charge in [-0.2, -0.15) is 0 Å². The lowest BCUT2D eigenvalue weighted by atomic mass is 9.75. The molecule has 1 saturated carbocycles. The second kappa shape index (κ2) is 6.22. The van der Waals surface area contributed by atoms with Crippen LogP contribution in [0.5, 0.6) is 5.88 Å². The molecule has 0 aliphatic heterocycles. The normalized spacial score (nSPS) is 20.9. The van der Waals surface area contributed by atoms with E-state index in [-0.39, 0.29) is 5.82 Å². The lowest BCUT2D eigenvalue weighted by molar-refractivity contribution is 0.284. The molecule has 110 valence electrons. The minimum Gasteiger partial charge on any atom is -0.481 e. The molecule has 1 aromatic heterocycles. The molecule has 0 spiro atoms. The molecule has 0 saturated heterocycles. The molecule has 3 rings (SSSR count). The van der Waals surface area contributed by atoms with Gasteiger partial charge in [-0.05, 0) is 42.0 Å². The summed E-state index contributed by atoms with van der Waals surface area (Å²) in [7, 11) is 1.62. The highest BCUT2D eigenvalue weighted by molar-refractivity contribution is 5.25. The van der Waals surface area contributed by atoms with Crippen molar-refractivity contribution in [1.29, 1.82) is 0 Å². The second-order valence-corrected chi connectivity index (χ2v) is 5.47. The van der Waals surface area contributed by atoms with E-state index in [0.717, 1.165) is 30.5 Å². The van der Waals surface area contributed by atoms with Gasteiger partial charge in [-0.1, -0.05) is 18.2 Å². The van der Waals surface area contributed by atoms with E-state index in [4.69, 9.17) is 4.74 Å². The first-order chi connectivity index (χ1) is 10.3. The van der Waals surface area contributed by atoms with Crippen molar-refractivity contribution in [1.82, 2.24) is 10.3 Å². The fraction of sp³-hybridized carbons (Fsp3) is 0.353. The van der Waals surface area contributed by atoms with Gasteiger partial charge in [-0.3, -0.25) is 0 Å². The van der Waals surface area contributed by atoms with Crippen LogP contribution in [-0.2, 0) is 6.54 Å². The number of methoxy groups -OCH3 is 1. The molecular weight excluding hydrogens is 267 g/mol. The van der Waals surface area contributed by atoms with E-state index >= 15 is 0 Å². The van der Waals surface area contributed by atoms with Crippen molar-refractivity contribution in [3.63, 3.8) is 0 Å². The number of ether oxygens (including phenoxy) is 1. The number of pyridine rings is 1. The summed E-state index contributed by atoms with van der Waals surface area (Å²) in [6.45, 7) is 0.785.